The molecule has 0 bridgehead atoms. The molecule has 0 atom stereocenters. The van der Waals surface area contributed by atoms with Gasteiger partial charge in [0.1, 0.15) is 6.07 Å². The van der Waals surface area contributed by atoms with Crippen LogP contribution in [0.25, 0.3) is 0 Å². The van der Waals surface area contributed by atoms with Crippen LogP contribution < -0.4 is 5.32 Å². The fourth-order valence-electron chi connectivity index (χ4n) is 1.17. The number of nitrogens with one attached hydrogen (secondary N) is 1. The molecule has 0 unspecified atom stereocenters. The number of halogens is 1. The second kappa shape index (κ2) is 5.05. The summed E-state index contributed by atoms with van der Waals surface area (Å²) in [5.74, 6) is 0.523. The van der Waals surface area contributed by atoms with Gasteiger partial charge in [0.15, 0.2) is 5.82 Å². The molecule has 4 nitrogen and oxygen atoms in total. The smallest absolute Gasteiger partial charge is 0.166 e. The third-order valence-electron chi connectivity index (χ3n) is 1.90. The van der Waals surface area contributed by atoms with Gasteiger partial charge in [0.2, 0.25) is 0 Å². The molecular formula is C10H7BrN4S. The molecule has 0 saturated heterocycles. The van der Waals surface area contributed by atoms with Crippen LogP contribution in [0.5, 0.6) is 0 Å². The summed E-state index contributed by atoms with van der Waals surface area (Å²) in [6, 6.07) is 7.71. The predicted octanol–water partition coefficient (Wildman–Crippen LogP) is 2.78. The molecule has 0 aromatic carbocycles. The van der Waals surface area contributed by atoms with Gasteiger partial charge in [0.25, 0.3) is 0 Å². The first-order valence-electron chi connectivity index (χ1n) is 4.49. The van der Waals surface area contributed by atoms with Crippen molar-refractivity contribution < 1.29 is 0 Å². The van der Waals surface area contributed by atoms with E-state index in [1.807, 2.05) is 12.1 Å². The normalized spacial score (nSPS) is 9.75. The van der Waals surface area contributed by atoms with E-state index in [9.17, 15) is 0 Å². The molecule has 6 heteroatoms. The van der Waals surface area contributed by atoms with E-state index in [1.165, 1.54) is 11.1 Å². The number of thiophene rings is 1. The summed E-state index contributed by atoms with van der Waals surface area (Å²) in [5, 5.41) is 19.6. The van der Waals surface area contributed by atoms with Crippen molar-refractivity contribution in [3.05, 3.63) is 38.6 Å². The Morgan fingerprint density at radius 2 is 2.31 bits per heavy atom. The Kier molecular flexibility index (Phi) is 3.49. The zero-order valence-corrected chi connectivity index (χ0v) is 10.5. The molecule has 0 radical (unpaired) electrons. The average molecular weight is 295 g/mol. The van der Waals surface area contributed by atoms with Crippen LogP contribution in [0.3, 0.4) is 0 Å². The Bertz CT molecular complexity index is 532. The summed E-state index contributed by atoms with van der Waals surface area (Å²) < 4.78 is 1.09. The molecule has 0 fully saturated rings. The molecule has 2 heterocycles. The van der Waals surface area contributed by atoms with Crippen LogP contribution in [-0.4, -0.2) is 10.2 Å². The molecular weight excluding hydrogens is 288 g/mol. The van der Waals surface area contributed by atoms with E-state index in [4.69, 9.17) is 5.26 Å². The first-order valence-corrected chi connectivity index (χ1v) is 6.10. The van der Waals surface area contributed by atoms with Gasteiger partial charge in [-0.3, -0.25) is 0 Å². The minimum Gasteiger partial charge on any atom is -0.363 e. The van der Waals surface area contributed by atoms with Crippen LogP contribution in [0.4, 0.5) is 5.82 Å². The molecule has 2 rings (SSSR count). The number of hydrogen-bond donors (Lipinski definition) is 1. The summed E-state index contributed by atoms with van der Waals surface area (Å²) in [6.45, 7) is 0.642. The van der Waals surface area contributed by atoms with Crippen LogP contribution >= 0.6 is 27.3 Å². The molecule has 2 aromatic rings. The highest BCUT2D eigenvalue weighted by Gasteiger charge is 2.03. The van der Waals surface area contributed by atoms with Crippen molar-refractivity contribution in [3.8, 4) is 6.07 Å². The van der Waals surface area contributed by atoms with Gasteiger partial charge >= 0.3 is 0 Å². The third kappa shape index (κ3) is 2.56. The minimum atomic E-state index is 0.505. The molecule has 0 aliphatic heterocycles. The van der Waals surface area contributed by atoms with Crippen LogP contribution in [0.2, 0.25) is 0 Å². The van der Waals surface area contributed by atoms with Gasteiger partial charge in [-0.25, -0.2) is 0 Å². The van der Waals surface area contributed by atoms with Gasteiger partial charge < -0.3 is 5.32 Å². The molecule has 0 amide bonds. The van der Waals surface area contributed by atoms with Crippen molar-refractivity contribution in [1.82, 2.24) is 10.2 Å². The monoisotopic (exact) mass is 294 g/mol. The number of nitriles is 1. The molecule has 1 N–H and O–H groups in total. The summed E-state index contributed by atoms with van der Waals surface area (Å²) >= 11 is 5.04. The quantitative estimate of drug-likeness (QED) is 0.945. The largest absolute Gasteiger partial charge is 0.363 e. The van der Waals surface area contributed by atoms with E-state index in [-0.39, 0.29) is 0 Å². The van der Waals surface area contributed by atoms with E-state index in [2.05, 4.69) is 37.5 Å². The standard InChI is InChI=1S/C10H7BrN4S/c11-9-2-1-8(16-9)6-13-10-7(5-12)3-4-14-15-10/h1-4H,6H2,(H,13,15). The van der Waals surface area contributed by atoms with Crippen molar-refractivity contribution in [1.29, 1.82) is 5.26 Å². The van der Waals surface area contributed by atoms with Crippen molar-refractivity contribution in [3.63, 3.8) is 0 Å². The molecule has 0 saturated carbocycles. The lowest BCUT2D eigenvalue weighted by Crippen LogP contribution is -2.02. The fourth-order valence-corrected chi connectivity index (χ4v) is 2.59. The highest BCUT2D eigenvalue weighted by molar-refractivity contribution is 9.11. The summed E-state index contributed by atoms with van der Waals surface area (Å²) in [7, 11) is 0. The number of aromatic nitrogens is 2. The van der Waals surface area contributed by atoms with Crippen molar-refractivity contribution in [2.24, 2.45) is 0 Å². The van der Waals surface area contributed by atoms with Gasteiger partial charge in [-0.05, 0) is 34.1 Å². The zero-order chi connectivity index (χ0) is 11.4. The molecule has 0 spiro atoms. The van der Waals surface area contributed by atoms with E-state index < -0.39 is 0 Å². The number of rotatable bonds is 3. The highest BCUT2D eigenvalue weighted by atomic mass is 79.9. The summed E-state index contributed by atoms with van der Waals surface area (Å²) in [4.78, 5) is 1.17. The maximum atomic E-state index is 8.86. The molecule has 16 heavy (non-hydrogen) atoms. The van der Waals surface area contributed by atoms with Crippen molar-refractivity contribution in [2.75, 3.05) is 5.32 Å². The number of anilines is 1. The lowest BCUT2D eigenvalue weighted by molar-refractivity contribution is 1.000. The minimum absolute atomic E-state index is 0.505. The fraction of sp³-hybridized carbons (Fsp3) is 0.100. The van der Waals surface area contributed by atoms with E-state index in [0.29, 0.717) is 17.9 Å². The molecule has 0 aliphatic carbocycles. The summed E-state index contributed by atoms with van der Waals surface area (Å²) in [5.41, 5.74) is 0.505. The van der Waals surface area contributed by atoms with E-state index >= 15 is 0 Å². The lowest BCUT2D eigenvalue weighted by Gasteiger charge is -2.03. The van der Waals surface area contributed by atoms with E-state index in [1.54, 1.807) is 17.4 Å². The zero-order valence-electron chi connectivity index (χ0n) is 8.14. The Morgan fingerprint density at radius 3 is 3.00 bits per heavy atom. The number of nitrogens with zero attached hydrogens (tertiary/aromatic N) is 3. The van der Waals surface area contributed by atoms with Crippen LogP contribution in [0, 0.1) is 11.3 Å². The molecule has 80 valence electrons. The van der Waals surface area contributed by atoms with Crippen LogP contribution in [0.15, 0.2) is 28.2 Å². The van der Waals surface area contributed by atoms with Crippen molar-refractivity contribution in [2.45, 2.75) is 6.54 Å². The Hall–Kier alpha value is -1.45. The maximum absolute atomic E-state index is 8.86. The van der Waals surface area contributed by atoms with Crippen LogP contribution in [-0.2, 0) is 6.54 Å². The topological polar surface area (TPSA) is 61.6 Å². The SMILES string of the molecule is N#Cc1ccnnc1NCc1ccc(Br)s1. The molecule has 0 aliphatic rings. The lowest BCUT2D eigenvalue weighted by atomic mass is 10.3. The average Bonchev–Trinajstić information content (AvgIpc) is 2.73. The Balaban J connectivity index is 2.08. The van der Waals surface area contributed by atoms with Crippen molar-refractivity contribution >= 4 is 33.1 Å². The number of hydrogen-bond acceptors (Lipinski definition) is 5. The first-order chi connectivity index (χ1) is 7.79. The second-order valence-corrected chi connectivity index (χ2v) is 5.51. The van der Waals surface area contributed by atoms with Gasteiger partial charge in [-0.1, -0.05) is 0 Å². The van der Waals surface area contributed by atoms with Crippen LogP contribution in [0.1, 0.15) is 10.4 Å². The Labute approximate surface area is 105 Å². The van der Waals surface area contributed by atoms with Gasteiger partial charge in [-0.2, -0.15) is 10.4 Å². The van der Waals surface area contributed by atoms with Gasteiger partial charge in [-0.15, -0.1) is 16.4 Å². The van der Waals surface area contributed by atoms with E-state index in [0.717, 1.165) is 3.79 Å². The van der Waals surface area contributed by atoms with Gasteiger partial charge in [0.05, 0.1) is 22.1 Å². The first kappa shape index (κ1) is 11.0. The highest BCUT2D eigenvalue weighted by Crippen LogP contribution is 2.22. The predicted molar refractivity (Wildman–Crippen MR) is 66.1 cm³/mol. The maximum Gasteiger partial charge on any atom is 0.166 e. The van der Waals surface area contributed by atoms with Gasteiger partial charge in [0, 0.05) is 4.88 Å². The summed E-state index contributed by atoms with van der Waals surface area (Å²) in [6.07, 6.45) is 1.51. The Morgan fingerprint density at radius 1 is 1.44 bits per heavy atom. The second-order valence-electron chi connectivity index (χ2n) is 2.96. The third-order valence-corrected chi connectivity index (χ3v) is 3.52. The molecule has 2 aromatic heterocycles.